The Bertz CT molecular complexity index is 479. The maximum Gasteiger partial charge on any atom is 0.261 e. The Kier molecular flexibility index (Phi) is 5.12. The summed E-state index contributed by atoms with van der Waals surface area (Å²) in [7, 11) is 0. The predicted octanol–water partition coefficient (Wildman–Crippen LogP) is 1.90. The van der Waals surface area contributed by atoms with Gasteiger partial charge in [-0.25, -0.2) is 0 Å². The third-order valence-corrected chi connectivity index (χ3v) is 2.36. The average molecular weight is 246 g/mol. The van der Waals surface area contributed by atoms with Gasteiger partial charge < -0.3 is 5.32 Å². The van der Waals surface area contributed by atoms with Crippen LogP contribution in [0, 0.1) is 11.3 Å². The van der Waals surface area contributed by atoms with Gasteiger partial charge in [0, 0.05) is 24.3 Å². The van der Waals surface area contributed by atoms with Gasteiger partial charge in [0.15, 0.2) is 0 Å². The lowest BCUT2D eigenvalue weighted by molar-refractivity contribution is -0.117. The monoisotopic (exact) mass is 246 g/mol. The SMILES string of the molecule is CCCNC(=O)/C(C#N)=C/c1cnn(C(C)C)c1. The molecule has 0 aliphatic heterocycles. The topological polar surface area (TPSA) is 70.7 Å². The van der Waals surface area contributed by atoms with Crippen LogP contribution in [-0.4, -0.2) is 22.2 Å². The van der Waals surface area contributed by atoms with Crippen molar-refractivity contribution >= 4 is 12.0 Å². The van der Waals surface area contributed by atoms with Crippen LogP contribution < -0.4 is 5.32 Å². The molecule has 0 aromatic carbocycles. The van der Waals surface area contributed by atoms with Crippen LogP contribution in [0.4, 0.5) is 0 Å². The Morgan fingerprint density at radius 2 is 2.39 bits per heavy atom. The zero-order valence-electron chi connectivity index (χ0n) is 11.0. The molecule has 0 fully saturated rings. The maximum atomic E-state index is 11.6. The Hall–Kier alpha value is -2.09. The van der Waals surface area contributed by atoms with Crippen LogP contribution in [0.1, 0.15) is 38.8 Å². The van der Waals surface area contributed by atoms with E-state index >= 15 is 0 Å². The third kappa shape index (κ3) is 3.74. The highest BCUT2D eigenvalue weighted by Gasteiger charge is 2.08. The molecule has 96 valence electrons. The van der Waals surface area contributed by atoms with E-state index < -0.39 is 0 Å². The number of amides is 1. The van der Waals surface area contributed by atoms with E-state index in [0.29, 0.717) is 6.54 Å². The molecule has 1 N–H and O–H groups in total. The van der Waals surface area contributed by atoms with Gasteiger partial charge in [0.05, 0.1) is 6.20 Å². The van der Waals surface area contributed by atoms with Crippen molar-refractivity contribution in [1.82, 2.24) is 15.1 Å². The predicted molar refractivity (Wildman–Crippen MR) is 69.5 cm³/mol. The van der Waals surface area contributed by atoms with E-state index in [9.17, 15) is 4.79 Å². The fourth-order valence-corrected chi connectivity index (χ4v) is 1.36. The summed E-state index contributed by atoms with van der Waals surface area (Å²) in [4.78, 5) is 11.6. The van der Waals surface area contributed by atoms with Crippen molar-refractivity contribution in [2.45, 2.75) is 33.2 Å². The number of aromatic nitrogens is 2. The molecule has 0 bridgehead atoms. The van der Waals surface area contributed by atoms with Crippen molar-refractivity contribution in [2.24, 2.45) is 0 Å². The molecule has 1 rings (SSSR count). The van der Waals surface area contributed by atoms with Gasteiger partial charge in [-0.05, 0) is 26.3 Å². The maximum absolute atomic E-state index is 11.6. The smallest absolute Gasteiger partial charge is 0.261 e. The Morgan fingerprint density at radius 3 is 2.89 bits per heavy atom. The number of rotatable bonds is 5. The van der Waals surface area contributed by atoms with Crippen molar-refractivity contribution in [2.75, 3.05) is 6.54 Å². The number of carbonyl (C=O) groups excluding carboxylic acids is 1. The zero-order chi connectivity index (χ0) is 13.5. The zero-order valence-corrected chi connectivity index (χ0v) is 11.0. The minimum Gasteiger partial charge on any atom is -0.351 e. The molecule has 1 heterocycles. The number of nitrogens with zero attached hydrogens (tertiary/aromatic N) is 3. The lowest BCUT2D eigenvalue weighted by Crippen LogP contribution is -2.25. The molecular weight excluding hydrogens is 228 g/mol. The Balaban J connectivity index is 2.84. The minimum atomic E-state index is -0.336. The van der Waals surface area contributed by atoms with E-state index in [4.69, 9.17) is 5.26 Å². The van der Waals surface area contributed by atoms with Gasteiger partial charge in [-0.2, -0.15) is 10.4 Å². The molecule has 0 radical (unpaired) electrons. The number of hydrogen-bond donors (Lipinski definition) is 1. The molecule has 1 aromatic rings. The molecule has 18 heavy (non-hydrogen) atoms. The first kappa shape index (κ1) is 14.0. The lowest BCUT2D eigenvalue weighted by Gasteiger charge is -2.02. The summed E-state index contributed by atoms with van der Waals surface area (Å²) in [5, 5.41) is 15.8. The van der Waals surface area contributed by atoms with Crippen LogP contribution in [0.5, 0.6) is 0 Å². The van der Waals surface area contributed by atoms with E-state index in [1.54, 1.807) is 17.0 Å². The van der Waals surface area contributed by atoms with E-state index in [2.05, 4.69) is 10.4 Å². The van der Waals surface area contributed by atoms with Crippen molar-refractivity contribution < 1.29 is 4.79 Å². The fraction of sp³-hybridized carbons (Fsp3) is 0.462. The minimum absolute atomic E-state index is 0.103. The van der Waals surface area contributed by atoms with Gasteiger partial charge in [0.1, 0.15) is 11.6 Å². The second-order valence-corrected chi connectivity index (χ2v) is 4.27. The highest BCUT2D eigenvalue weighted by atomic mass is 16.1. The van der Waals surface area contributed by atoms with Crippen LogP contribution in [0.15, 0.2) is 18.0 Å². The van der Waals surface area contributed by atoms with Gasteiger partial charge >= 0.3 is 0 Å². The molecular formula is C13H18N4O. The van der Waals surface area contributed by atoms with Crippen LogP contribution in [0.25, 0.3) is 6.08 Å². The molecule has 0 atom stereocenters. The van der Waals surface area contributed by atoms with E-state index in [1.165, 1.54) is 0 Å². The quantitative estimate of drug-likeness (QED) is 0.637. The standard InChI is InChI=1S/C13H18N4O/c1-4-5-15-13(18)12(7-14)6-11-8-16-17(9-11)10(2)3/h6,8-10H,4-5H2,1-3H3,(H,15,18)/b12-6+. The molecule has 1 amide bonds. The molecule has 0 saturated heterocycles. The number of hydrogen-bond acceptors (Lipinski definition) is 3. The van der Waals surface area contributed by atoms with Crippen LogP contribution >= 0.6 is 0 Å². The summed E-state index contributed by atoms with van der Waals surface area (Å²) in [6.45, 7) is 6.56. The van der Waals surface area contributed by atoms with Gasteiger partial charge in [-0.3, -0.25) is 9.48 Å². The first-order valence-corrected chi connectivity index (χ1v) is 6.02. The second kappa shape index (κ2) is 6.60. The molecule has 0 aliphatic rings. The van der Waals surface area contributed by atoms with Gasteiger partial charge in [0.2, 0.25) is 0 Å². The van der Waals surface area contributed by atoms with E-state index in [1.807, 2.05) is 33.0 Å². The molecule has 0 unspecified atom stereocenters. The summed E-state index contributed by atoms with van der Waals surface area (Å²) in [6, 6.07) is 2.17. The lowest BCUT2D eigenvalue weighted by atomic mass is 10.2. The molecule has 5 heteroatoms. The first-order chi connectivity index (χ1) is 8.58. The molecule has 1 aromatic heterocycles. The number of nitriles is 1. The summed E-state index contributed by atoms with van der Waals surface area (Å²) in [6.07, 6.45) is 5.85. The molecule has 0 spiro atoms. The first-order valence-electron chi connectivity index (χ1n) is 6.02. The number of carbonyl (C=O) groups is 1. The normalized spacial score (nSPS) is 11.4. The van der Waals surface area contributed by atoms with Crippen molar-refractivity contribution in [1.29, 1.82) is 5.26 Å². The van der Waals surface area contributed by atoms with Crippen LogP contribution in [-0.2, 0) is 4.79 Å². The van der Waals surface area contributed by atoms with Crippen molar-refractivity contribution in [3.8, 4) is 6.07 Å². The highest BCUT2D eigenvalue weighted by Crippen LogP contribution is 2.09. The Labute approximate surface area is 107 Å². The van der Waals surface area contributed by atoms with Crippen molar-refractivity contribution in [3.05, 3.63) is 23.5 Å². The van der Waals surface area contributed by atoms with Gasteiger partial charge in [-0.1, -0.05) is 6.92 Å². The third-order valence-electron chi connectivity index (χ3n) is 2.36. The largest absolute Gasteiger partial charge is 0.351 e. The summed E-state index contributed by atoms with van der Waals surface area (Å²) in [5.41, 5.74) is 0.860. The summed E-state index contributed by atoms with van der Waals surface area (Å²) in [5.74, 6) is -0.336. The van der Waals surface area contributed by atoms with Crippen molar-refractivity contribution in [3.63, 3.8) is 0 Å². The molecule has 0 saturated carbocycles. The highest BCUT2D eigenvalue weighted by molar-refractivity contribution is 6.01. The molecule has 0 aliphatic carbocycles. The molecule has 5 nitrogen and oxygen atoms in total. The van der Waals surface area contributed by atoms with E-state index in [0.717, 1.165) is 12.0 Å². The van der Waals surface area contributed by atoms with Crippen LogP contribution in [0.3, 0.4) is 0 Å². The number of nitrogens with one attached hydrogen (secondary N) is 1. The van der Waals surface area contributed by atoms with Gasteiger partial charge in [-0.15, -0.1) is 0 Å². The Morgan fingerprint density at radius 1 is 1.67 bits per heavy atom. The van der Waals surface area contributed by atoms with Gasteiger partial charge in [0.25, 0.3) is 5.91 Å². The summed E-state index contributed by atoms with van der Waals surface area (Å²) < 4.78 is 1.78. The fourth-order valence-electron chi connectivity index (χ4n) is 1.36. The summed E-state index contributed by atoms with van der Waals surface area (Å²) >= 11 is 0. The second-order valence-electron chi connectivity index (χ2n) is 4.27. The average Bonchev–Trinajstić information content (AvgIpc) is 2.81. The van der Waals surface area contributed by atoms with E-state index in [-0.39, 0.29) is 17.5 Å². The van der Waals surface area contributed by atoms with Crippen LogP contribution in [0.2, 0.25) is 0 Å².